The number of benzene rings is 2. The Morgan fingerprint density at radius 3 is 2.60 bits per heavy atom. The highest BCUT2D eigenvalue weighted by Crippen LogP contribution is 2.23. The Hall–Kier alpha value is -2.49. The fourth-order valence-electron chi connectivity index (χ4n) is 1.96. The van der Waals surface area contributed by atoms with Gasteiger partial charge in [0.1, 0.15) is 5.75 Å². The topological polar surface area (TPSA) is 64.3 Å². The quantitative estimate of drug-likeness (QED) is 0.842. The van der Waals surface area contributed by atoms with Crippen LogP contribution in [0.1, 0.15) is 21.5 Å². The van der Waals surface area contributed by atoms with Crippen molar-refractivity contribution in [2.45, 2.75) is 13.8 Å². The minimum Gasteiger partial charge on any atom is -0.496 e. The summed E-state index contributed by atoms with van der Waals surface area (Å²) in [6.45, 7) is 3.85. The number of nitrogens with two attached hydrogens (primary N) is 1. The monoisotopic (exact) mass is 270 g/mol. The van der Waals surface area contributed by atoms with Gasteiger partial charge >= 0.3 is 0 Å². The molecule has 2 aromatic rings. The molecule has 2 rings (SSSR count). The maximum atomic E-state index is 12.4. The number of carbonyl (C=O) groups excluding carboxylic acids is 1. The van der Waals surface area contributed by atoms with E-state index in [0.29, 0.717) is 22.7 Å². The minimum atomic E-state index is -0.209. The number of methoxy groups -OCH3 is 1. The second-order valence-electron chi connectivity index (χ2n) is 4.73. The van der Waals surface area contributed by atoms with Crippen molar-refractivity contribution in [1.82, 2.24) is 0 Å². The van der Waals surface area contributed by atoms with Gasteiger partial charge in [-0.15, -0.1) is 0 Å². The third-order valence-corrected chi connectivity index (χ3v) is 3.11. The van der Waals surface area contributed by atoms with Crippen molar-refractivity contribution in [3.05, 3.63) is 53.1 Å². The molecular formula is C16H18N2O2. The van der Waals surface area contributed by atoms with E-state index in [1.807, 2.05) is 26.0 Å². The molecule has 0 heterocycles. The molecule has 0 spiro atoms. The van der Waals surface area contributed by atoms with Gasteiger partial charge in [0.2, 0.25) is 0 Å². The lowest BCUT2D eigenvalue weighted by molar-refractivity contribution is 0.102. The van der Waals surface area contributed by atoms with Crippen LogP contribution in [0.3, 0.4) is 0 Å². The summed E-state index contributed by atoms with van der Waals surface area (Å²) in [5.74, 6) is 0.342. The average Bonchev–Trinajstić information content (AvgIpc) is 2.42. The fraction of sp³-hybridized carbons (Fsp3) is 0.188. The van der Waals surface area contributed by atoms with Crippen LogP contribution in [0.4, 0.5) is 11.4 Å². The molecule has 0 aliphatic carbocycles. The molecule has 0 aliphatic rings. The number of amides is 1. The Morgan fingerprint density at radius 2 is 1.90 bits per heavy atom. The van der Waals surface area contributed by atoms with Gasteiger partial charge in [0.05, 0.1) is 12.7 Å². The van der Waals surface area contributed by atoms with Gasteiger partial charge in [-0.3, -0.25) is 4.79 Å². The summed E-state index contributed by atoms with van der Waals surface area (Å²) in [5, 5.41) is 2.87. The van der Waals surface area contributed by atoms with Crippen LogP contribution in [0.15, 0.2) is 36.4 Å². The van der Waals surface area contributed by atoms with E-state index in [2.05, 4.69) is 5.32 Å². The number of aryl methyl sites for hydroxylation is 2. The molecule has 20 heavy (non-hydrogen) atoms. The molecule has 0 saturated carbocycles. The number of nitrogen functional groups attached to an aromatic ring is 1. The zero-order valence-electron chi connectivity index (χ0n) is 11.9. The molecule has 0 fully saturated rings. The van der Waals surface area contributed by atoms with Crippen molar-refractivity contribution in [1.29, 1.82) is 0 Å². The molecule has 4 nitrogen and oxygen atoms in total. The SMILES string of the molecule is COc1ccc(C)cc1C(=O)Nc1cc(N)ccc1C. The summed E-state index contributed by atoms with van der Waals surface area (Å²) in [5.41, 5.74) is 9.53. The summed E-state index contributed by atoms with van der Waals surface area (Å²) in [4.78, 5) is 12.4. The lowest BCUT2D eigenvalue weighted by Gasteiger charge is -2.12. The molecule has 2 aromatic carbocycles. The first kappa shape index (κ1) is 13.9. The number of anilines is 2. The van der Waals surface area contributed by atoms with Gasteiger partial charge in [0, 0.05) is 11.4 Å². The van der Waals surface area contributed by atoms with Crippen molar-refractivity contribution in [2.24, 2.45) is 0 Å². The summed E-state index contributed by atoms with van der Waals surface area (Å²) in [7, 11) is 1.55. The number of nitrogens with one attached hydrogen (secondary N) is 1. The van der Waals surface area contributed by atoms with E-state index in [4.69, 9.17) is 10.5 Å². The van der Waals surface area contributed by atoms with Crippen LogP contribution in [0.5, 0.6) is 5.75 Å². The third kappa shape index (κ3) is 2.91. The molecule has 0 aliphatic heterocycles. The van der Waals surface area contributed by atoms with Crippen molar-refractivity contribution >= 4 is 17.3 Å². The molecular weight excluding hydrogens is 252 g/mol. The third-order valence-electron chi connectivity index (χ3n) is 3.11. The number of hydrogen-bond donors (Lipinski definition) is 2. The van der Waals surface area contributed by atoms with E-state index in [1.54, 1.807) is 31.4 Å². The fourth-order valence-corrected chi connectivity index (χ4v) is 1.96. The van der Waals surface area contributed by atoms with Crippen LogP contribution >= 0.6 is 0 Å². The molecule has 0 atom stereocenters. The van der Waals surface area contributed by atoms with Crippen LogP contribution in [0.25, 0.3) is 0 Å². The Balaban J connectivity index is 2.32. The number of carbonyl (C=O) groups is 1. The van der Waals surface area contributed by atoms with E-state index >= 15 is 0 Å². The van der Waals surface area contributed by atoms with Crippen molar-refractivity contribution < 1.29 is 9.53 Å². The molecule has 4 heteroatoms. The van der Waals surface area contributed by atoms with Crippen LogP contribution < -0.4 is 15.8 Å². The molecule has 0 radical (unpaired) electrons. The van der Waals surface area contributed by atoms with E-state index in [1.165, 1.54) is 0 Å². The maximum Gasteiger partial charge on any atom is 0.259 e. The lowest BCUT2D eigenvalue weighted by atomic mass is 10.1. The summed E-state index contributed by atoms with van der Waals surface area (Å²) in [6, 6.07) is 10.9. The molecule has 0 bridgehead atoms. The Bertz CT molecular complexity index is 651. The van der Waals surface area contributed by atoms with Crippen molar-refractivity contribution in [3.8, 4) is 5.75 Å². The Morgan fingerprint density at radius 1 is 1.15 bits per heavy atom. The molecule has 104 valence electrons. The van der Waals surface area contributed by atoms with Gasteiger partial charge in [0.25, 0.3) is 5.91 Å². The molecule has 0 unspecified atom stereocenters. The van der Waals surface area contributed by atoms with Gasteiger partial charge in [-0.2, -0.15) is 0 Å². The number of hydrogen-bond acceptors (Lipinski definition) is 3. The second kappa shape index (κ2) is 5.65. The second-order valence-corrected chi connectivity index (χ2v) is 4.73. The molecule has 0 saturated heterocycles. The van der Waals surface area contributed by atoms with Crippen LogP contribution in [0, 0.1) is 13.8 Å². The van der Waals surface area contributed by atoms with E-state index < -0.39 is 0 Å². The van der Waals surface area contributed by atoms with E-state index in [0.717, 1.165) is 11.1 Å². The highest BCUT2D eigenvalue weighted by Gasteiger charge is 2.13. The van der Waals surface area contributed by atoms with Crippen LogP contribution in [-0.4, -0.2) is 13.0 Å². The first-order valence-electron chi connectivity index (χ1n) is 6.33. The summed E-state index contributed by atoms with van der Waals surface area (Å²) < 4.78 is 5.23. The molecule has 0 aromatic heterocycles. The normalized spacial score (nSPS) is 10.2. The minimum absolute atomic E-state index is 0.209. The Kier molecular flexibility index (Phi) is 3.94. The van der Waals surface area contributed by atoms with Gasteiger partial charge in [-0.05, 0) is 43.7 Å². The van der Waals surface area contributed by atoms with Gasteiger partial charge in [0.15, 0.2) is 0 Å². The van der Waals surface area contributed by atoms with Gasteiger partial charge in [-0.1, -0.05) is 17.7 Å². The van der Waals surface area contributed by atoms with Crippen molar-refractivity contribution in [2.75, 3.05) is 18.2 Å². The smallest absolute Gasteiger partial charge is 0.259 e. The van der Waals surface area contributed by atoms with Crippen LogP contribution in [0.2, 0.25) is 0 Å². The van der Waals surface area contributed by atoms with Crippen LogP contribution in [-0.2, 0) is 0 Å². The van der Waals surface area contributed by atoms with Gasteiger partial charge < -0.3 is 15.8 Å². The first-order chi connectivity index (χ1) is 9.51. The number of rotatable bonds is 3. The number of ether oxygens (including phenoxy) is 1. The standard InChI is InChI=1S/C16H18N2O2/c1-10-4-7-15(20-3)13(8-10)16(19)18-14-9-12(17)6-5-11(14)2/h4-9H,17H2,1-3H3,(H,18,19). The van der Waals surface area contributed by atoms with Crippen molar-refractivity contribution in [3.63, 3.8) is 0 Å². The molecule has 1 amide bonds. The lowest BCUT2D eigenvalue weighted by Crippen LogP contribution is -2.14. The average molecular weight is 270 g/mol. The van der Waals surface area contributed by atoms with E-state index in [-0.39, 0.29) is 5.91 Å². The summed E-state index contributed by atoms with van der Waals surface area (Å²) >= 11 is 0. The highest BCUT2D eigenvalue weighted by atomic mass is 16.5. The Labute approximate surface area is 118 Å². The van der Waals surface area contributed by atoms with E-state index in [9.17, 15) is 4.79 Å². The van der Waals surface area contributed by atoms with Gasteiger partial charge in [-0.25, -0.2) is 0 Å². The summed E-state index contributed by atoms with van der Waals surface area (Å²) in [6.07, 6.45) is 0. The predicted octanol–water partition coefficient (Wildman–Crippen LogP) is 3.15. The predicted molar refractivity (Wildman–Crippen MR) is 81.3 cm³/mol. The first-order valence-corrected chi connectivity index (χ1v) is 6.33. The largest absolute Gasteiger partial charge is 0.496 e. The molecule has 3 N–H and O–H groups in total. The zero-order valence-corrected chi connectivity index (χ0v) is 11.9. The maximum absolute atomic E-state index is 12.4. The zero-order chi connectivity index (χ0) is 14.7. The highest BCUT2D eigenvalue weighted by molar-refractivity contribution is 6.06.